The Bertz CT molecular complexity index is 577. The molecule has 0 fully saturated rings. The fraction of sp³-hybridized carbons (Fsp3) is 0.214. The van der Waals surface area contributed by atoms with Crippen LogP contribution in [0.25, 0.3) is 0 Å². The molecule has 0 spiro atoms. The van der Waals surface area contributed by atoms with Crippen LogP contribution in [0.3, 0.4) is 0 Å². The fourth-order valence-corrected chi connectivity index (χ4v) is 2.26. The van der Waals surface area contributed by atoms with Crippen molar-refractivity contribution < 1.29 is 14.2 Å². The van der Waals surface area contributed by atoms with Crippen molar-refractivity contribution >= 4 is 15.9 Å². The summed E-state index contributed by atoms with van der Waals surface area (Å²) in [6.45, 7) is 0. The van der Waals surface area contributed by atoms with E-state index in [0.29, 0.717) is 22.2 Å². The first kappa shape index (κ1) is 14.0. The predicted molar refractivity (Wildman–Crippen MR) is 73.6 cm³/mol. The van der Waals surface area contributed by atoms with Gasteiger partial charge in [-0.1, -0.05) is 6.07 Å². The molecule has 100 valence electrons. The monoisotopic (exact) mass is 325 g/mol. The molecular weight excluding hydrogens is 313 g/mol. The van der Waals surface area contributed by atoms with E-state index in [1.165, 1.54) is 13.2 Å². The molecule has 2 rings (SSSR count). The lowest BCUT2D eigenvalue weighted by Crippen LogP contribution is -2.04. The quantitative estimate of drug-likeness (QED) is 0.938. The SMILES string of the molecule is COc1cnccc1C(O)Cc1ccc(F)c(Br)c1. The summed E-state index contributed by atoms with van der Waals surface area (Å²) in [5.41, 5.74) is 1.50. The predicted octanol–water partition coefficient (Wildman–Crippen LogP) is 3.27. The van der Waals surface area contributed by atoms with E-state index in [1.807, 2.05) is 0 Å². The fourth-order valence-electron chi connectivity index (χ4n) is 1.84. The Morgan fingerprint density at radius 2 is 2.21 bits per heavy atom. The highest BCUT2D eigenvalue weighted by molar-refractivity contribution is 9.10. The van der Waals surface area contributed by atoms with Crippen LogP contribution in [0, 0.1) is 5.82 Å². The molecule has 0 saturated heterocycles. The molecule has 0 bridgehead atoms. The maximum Gasteiger partial charge on any atom is 0.142 e. The van der Waals surface area contributed by atoms with Gasteiger partial charge in [-0.25, -0.2) is 4.39 Å². The number of pyridine rings is 1. The largest absolute Gasteiger partial charge is 0.495 e. The summed E-state index contributed by atoms with van der Waals surface area (Å²) in [4.78, 5) is 3.94. The third-order valence-corrected chi connectivity index (χ3v) is 3.42. The molecule has 0 amide bonds. The average Bonchev–Trinajstić information content (AvgIpc) is 2.43. The molecule has 1 heterocycles. The molecule has 5 heteroatoms. The van der Waals surface area contributed by atoms with E-state index < -0.39 is 6.10 Å². The lowest BCUT2D eigenvalue weighted by Gasteiger charge is -2.14. The minimum absolute atomic E-state index is 0.320. The molecule has 1 aromatic carbocycles. The second-order valence-electron chi connectivity index (χ2n) is 4.09. The number of aromatic nitrogens is 1. The van der Waals surface area contributed by atoms with E-state index in [0.717, 1.165) is 5.56 Å². The number of benzene rings is 1. The van der Waals surface area contributed by atoms with Gasteiger partial charge >= 0.3 is 0 Å². The molecule has 0 aliphatic rings. The molecule has 3 nitrogen and oxygen atoms in total. The number of aliphatic hydroxyl groups excluding tert-OH is 1. The molecule has 2 aromatic rings. The van der Waals surface area contributed by atoms with Gasteiger partial charge in [-0.15, -0.1) is 0 Å². The van der Waals surface area contributed by atoms with Crippen molar-refractivity contribution in [1.82, 2.24) is 4.98 Å². The second-order valence-corrected chi connectivity index (χ2v) is 4.94. The highest BCUT2D eigenvalue weighted by Gasteiger charge is 2.14. The second kappa shape index (κ2) is 6.12. The zero-order valence-electron chi connectivity index (χ0n) is 10.3. The van der Waals surface area contributed by atoms with Crippen molar-refractivity contribution in [2.75, 3.05) is 7.11 Å². The molecule has 0 aliphatic carbocycles. The van der Waals surface area contributed by atoms with Crippen molar-refractivity contribution in [3.05, 3.63) is 58.1 Å². The van der Waals surface area contributed by atoms with Crippen LogP contribution in [0.15, 0.2) is 41.1 Å². The third-order valence-electron chi connectivity index (χ3n) is 2.81. The molecule has 0 aliphatic heterocycles. The first-order valence-electron chi connectivity index (χ1n) is 5.71. The van der Waals surface area contributed by atoms with Gasteiger partial charge in [-0.3, -0.25) is 4.98 Å². The highest BCUT2D eigenvalue weighted by atomic mass is 79.9. The van der Waals surface area contributed by atoms with Crippen LogP contribution in [0.4, 0.5) is 4.39 Å². The van der Waals surface area contributed by atoms with Crippen molar-refractivity contribution in [2.45, 2.75) is 12.5 Å². The van der Waals surface area contributed by atoms with Crippen LogP contribution in [0.2, 0.25) is 0 Å². The van der Waals surface area contributed by atoms with E-state index in [9.17, 15) is 9.50 Å². The van der Waals surface area contributed by atoms with Gasteiger partial charge in [0, 0.05) is 18.2 Å². The van der Waals surface area contributed by atoms with Crippen molar-refractivity contribution in [2.24, 2.45) is 0 Å². The van der Waals surface area contributed by atoms with Gasteiger partial charge in [-0.05, 0) is 39.7 Å². The lowest BCUT2D eigenvalue weighted by molar-refractivity contribution is 0.174. The van der Waals surface area contributed by atoms with E-state index in [4.69, 9.17) is 4.74 Å². The van der Waals surface area contributed by atoms with Crippen LogP contribution in [0.5, 0.6) is 5.75 Å². The number of hydrogen-bond acceptors (Lipinski definition) is 3. The summed E-state index contributed by atoms with van der Waals surface area (Å²) >= 11 is 3.13. The number of methoxy groups -OCH3 is 1. The molecule has 1 aromatic heterocycles. The summed E-state index contributed by atoms with van der Waals surface area (Å²) < 4.78 is 18.7. The number of nitrogens with zero attached hydrogens (tertiary/aromatic N) is 1. The first-order valence-corrected chi connectivity index (χ1v) is 6.51. The highest BCUT2D eigenvalue weighted by Crippen LogP contribution is 2.27. The van der Waals surface area contributed by atoms with E-state index in [1.54, 1.807) is 30.6 Å². The minimum atomic E-state index is -0.727. The molecule has 0 radical (unpaired) electrons. The Labute approximate surface area is 119 Å². The Kier molecular flexibility index (Phi) is 4.50. The van der Waals surface area contributed by atoms with Crippen LogP contribution in [-0.4, -0.2) is 17.2 Å². The lowest BCUT2D eigenvalue weighted by atomic mass is 10.0. The number of hydrogen-bond donors (Lipinski definition) is 1. The van der Waals surface area contributed by atoms with Gasteiger partial charge in [-0.2, -0.15) is 0 Å². The molecule has 1 unspecified atom stereocenters. The average molecular weight is 326 g/mol. The third kappa shape index (κ3) is 3.30. The van der Waals surface area contributed by atoms with Gasteiger partial charge in [0.05, 0.1) is 23.9 Å². The maximum atomic E-state index is 13.1. The summed E-state index contributed by atoms with van der Waals surface area (Å²) in [6, 6.07) is 6.39. The molecule has 19 heavy (non-hydrogen) atoms. The van der Waals surface area contributed by atoms with Crippen molar-refractivity contribution in [1.29, 1.82) is 0 Å². The molecular formula is C14H13BrFNO2. The number of rotatable bonds is 4. The summed E-state index contributed by atoms with van der Waals surface area (Å²) in [6.07, 6.45) is 2.80. The van der Waals surface area contributed by atoms with E-state index in [-0.39, 0.29) is 5.82 Å². The number of halogens is 2. The van der Waals surface area contributed by atoms with Gasteiger partial charge < -0.3 is 9.84 Å². The van der Waals surface area contributed by atoms with E-state index >= 15 is 0 Å². The normalized spacial score (nSPS) is 12.2. The van der Waals surface area contributed by atoms with Crippen LogP contribution >= 0.6 is 15.9 Å². The summed E-state index contributed by atoms with van der Waals surface area (Å²) in [5.74, 6) is 0.218. The van der Waals surface area contributed by atoms with Gasteiger partial charge in [0.2, 0.25) is 0 Å². The maximum absolute atomic E-state index is 13.1. The van der Waals surface area contributed by atoms with Crippen LogP contribution in [0.1, 0.15) is 17.2 Å². The Hall–Kier alpha value is -1.46. The Morgan fingerprint density at radius 3 is 2.89 bits per heavy atom. The Balaban J connectivity index is 2.20. The molecule has 1 atom stereocenters. The van der Waals surface area contributed by atoms with Crippen LogP contribution < -0.4 is 4.74 Å². The number of aliphatic hydroxyl groups is 1. The van der Waals surface area contributed by atoms with Crippen molar-refractivity contribution in [3.8, 4) is 5.75 Å². The number of ether oxygens (including phenoxy) is 1. The van der Waals surface area contributed by atoms with E-state index in [2.05, 4.69) is 20.9 Å². The van der Waals surface area contributed by atoms with Gasteiger partial charge in [0.15, 0.2) is 0 Å². The standard InChI is InChI=1S/C14H13BrFNO2/c1-19-14-8-17-5-4-10(14)13(18)7-9-2-3-12(16)11(15)6-9/h2-6,8,13,18H,7H2,1H3. The smallest absolute Gasteiger partial charge is 0.142 e. The summed E-state index contributed by atoms with van der Waals surface area (Å²) in [7, 11) is 1.53. The molecule has 1 N–H and O–H groups in total. The van der Waals surface area contributed by atoms with Gasteiger partial charge in [0.1, 0.15) is 11.6 Å². The zero-order chi connectivity index (χ0) is 13.8. The minimum Gasteiger partial charge on any atom is -0.495 e. The van der Waals surface area contributed by atoms with Crippen LogP contribution in [-0.2, 0) is 6.42 Å². The summed E-state index contributed by atoms with van der Waals surface area (Å²) in [5, 5.41) is 10.2. The van der Waals surface area contributed by atoms with Crippen molar-refractivity contribution in [3.63, 3.8) is 0 Å². The van der Waals surface area contributed by atoms with Gasteiger partial charge in [0.25, 0.3) is 0 Å². The molecule has 0 saturated carbocycles. The topological polar surface area (TPSA) is 42.4 Å². The Morgan fingerprint density at radius 1 is 1.42 bits per heavy atom. The zero-order valence-corrected chi connectivity index (χ0v) is 11.9. The first-order chi connectivity index (χ1) is 9.11.